The summed E-state index contributed by atoms with van der Waals surface area (Å²) in [4.78, 5) is 22.9. The molecule has 0 atom stereocenters. The first-order valence-electron chi connectivity index (χ1n) is 10.6. The second-order valence-electron chi connectivity index (χ2n) is 7.85. The van der Waals surface area contributed by atoms with E-state index in [1.54, 1.807) is 6.07 Å². The van der Waals surface area contributed by atoms with Crippen LogP contribution >= 0.6 is 11.6 Å². The van der Waals surface area contributed by atoms with Gasteiger partial charge in [-0.15, -0.1) is 0 Å². The smallest absolute Gasteiger partial charge is 0.309 e. The molecule has 1 aliphatic heterocycles. The van der Waals surface area contributed by atoms with Gasteiger partial charge in [0.05, 0.1) is 23.1 Å². The van der Waals surface area contributed by atoms with E-state index in [2.05, 4.69) is 20.2 Å². The van der Waals surface area contributed by atoms with Gasteiger partial charge < -0.3 is 15.8 Å². The van der Waals surface area contributed by atoms with Crippen molar-refractivity contribution in [3.63, 3.8) is 0 Å². The van der Waals surface area contributed by atoms with Crippen LogP contribution in [0.3, 0.4) is 0 Å². The number of nitrogens with zero attached hydrogens (tertiary/aromatic N) is 3. The third kappa shape index (κ3) is 4.92. The van der Waals surface area contributed by atoms with Crippen LogP contribution in [-0.2, 0) is 16.1 Å². The van der Waals surface area contributed by atoms with Gasteiger partial charge in [0, 0.05) is 23.3 Å². The van der Waals surface area contributed by atoms with Crippen LogP contribution in [-0.4, -0.2) is 40.5 Å². The second-order valence-corrected chi connectivity index (χ2v) is 8.25. The lowest BCUT2D eigenvalue weighted by Gasteiger charge is -2.31. The van der Waals surface area contributed by atoms with Crippen molar-refractivity contribution in [1.82, 2.24) is 14.9 Å². The Labute approximate surface area is 190 Å². The molecular formula is C23H25ClFN5O2. The standard InChI is InChI=1S/C23H25ClFN5O2/c1-2-32-23(31)14-5-7-30(8-6-14)12-15-9-21-17(11-20(15)26)22(28-13-27-21)29-16-3-4-19(25)18(24)10-16/h3-4,9-11,13-14H,2,5-8,12,26H2,1H3,(H,27,28,29). The number of anilines is 3. The number of halogens is 2. The zero-order chi connectivity index (χ0) is 22.7. The number of ether oxygens (including phenoxy) is 1. The minimum absolute atomic E-state index is 0.0264. The van der Waals surface area contributed by atoms with Crippen molar-refractivity contribution in [2.45, 2.75) is 26.3 Å². The van der Waals surface area contributed by atoms with E-state index in [-0.39, 0.29) is 16.9 Å². The molecule has 0 radical (unpaired) electrons. The number of esters is 1. The van der Waals surface area contributed by atoms with E-state index >= 15 is 0 Å². The summed E-state index contributed by atoms with van der Waals surface area (Å²) < 4.78 is 18.6. The Morgan fingerprint density at radius 2 is 2.06 bits per heavy atom. The van der Waals surface area contributed by atoms with Crippen molar-refractivity contribution in [3.8, 4) is 0 Å². The number of rotatable bonds is 6. The van der Waals surface area contributed by atoms with Crippen LogP contribution in [0, 0.1) is 11.7 Å². The lowest BCUT2D eigenvalue weighted by molar-refractivity contribution is -0.149. The normalized spacial score (nSPS) is 15.1. The van der Waals surface area contributed by atoms with Crippen LogP contribution < -0.4 is 11.1 Å². The Morgan fingerprint density at radius 1 is 1.28 bits per heavy atom. The molecule has 0 unspecified atom stereocenters. The number of nitrogen functional groups attached to an aromatic ring is 1. The highest BCUT2D eigenvalue weighted by Gasteiger charge is 2.26. The topological polar surface area (TPSA) is 93.4 Å². The number of benzene rings is 2. The number of piperidine rings is 1. The Hall–Kier alpha value is -2.97. The number of hydrogen-bond donors (Lipinski definition) is 2. The fourth-order valence-corrected chi connectivity index (χ4v) is 4.12. The summed E-state index contributed by atoms with van der Waals surface area (Å²) in [6.45, 7) is 4.54. The van der Waals surface area contributed by atoms with Gasteiger partial charge in [-0.3, -0.25) is 9.69 Å². The lowest BCUT2D eigenvalue weighted by Crippen LogP contribution is -2.36. The van der Waals surface area contributed by atoms with Crippen molar-refractivity contribution in [1.29, 1.82) is 0 Å². The largest absolute Gasteiger partial charge is 0.466 e. The minimum Gasteiger partial charge on any atom is -0.466 e. The van der Waals surface area contributed by atoms with E-state index in [0.29, 0.717) is 30.3 Å². The number of likely N-dealkylation sites (tertiary alicyclic amines) is 1. The molecule has 1 saturated heterocycles. The van der Waals surface area contributed by atoms with Crippen molar-refractivity contribution < 1.29 is 13.9 Å². The zero-order valence-electron chi connectivity index (χ0n) is 17.8. The zero-order valence-corrected chi connectivity index (χ0v) is 18.5. The van der Waals surface area contributed by atoms with Crippen molar-refractivity contribution in [2.75, 3.05) is 30.7 Å². The van der Waals surface area contributed by atoms with Crippen molar-refractivity contribution >= 4 is 45.7 Å². The maximum Gasteiger partial charge on any atom is 0.309 e. The number of nitrogens with two attached hydrogens (primary N) is 1. The summed E-state index contributed by atoms with van der Waals surface area (Å²) in [6, 6.07) is 8.21. The molecule has 7 nitrogen and oxygen atoms in total. The third-order valence-electron chi connectivity index (χ3n) is 5.68. The molecule has 168 valence electrons. The van der Waals surface area contributed by atoms with E-state index in [9.17, 15) is 9.18 Å². The number of aromatic nitrogens is 2. The van der Waals surface area contributed by atoms with E-state index in [0.717, 1.165) is 42.4 Å². The molecule has 2 aromatic carbocycles. The van der Waals surface area contributed by atoms with Gasteiger partial charge in [0.1, 0.15) is 18.0 Å². The summed E-state index contributed by atoms with van der Waals surface area (Å²) in [7, 11) is 0. The molecule has 1 aromatic heterocycles. The number of fused-ring (bicyclic) bond motifs is 1. The van der Waals surface area contributed by atoms with Crippen molar-refractivity contribution in [3.05, 3.63) is 53.1 Å². The Kier molecular flexibility index (Phi) is 6.72. The van der Waals surface area contributed by atoms with Gasteiger partial charge in [-0.25, -0.2) is 14.4 Å². The highest BCUT2D eigenvalue weighted by Crippen LogP contribution is 2.30. The predicted octanol–water partition coefficient (Wildman–Crippen LogP) is 4.52. The first kappa shape index (κ1) is 22.2. The molecule has 4 rings (SSSR count). The molecule has 0 bridgehead atoms. The molecule has 0 saturated carbocycles. The number of nitrogens with one attached hydrogen (secondary N) is 1. The molecule has 32 heavy (non-hydrogen) atoms. The van der Waals surface area contributed by atoms with Gasteiger partial charge >= 0.3 is 5.97 Å². The Morgan fingerprint density at radius 3 is 2.78 bits per heavy atom. The van der Waals surface area contributed by atoms with Gasteiger partial charge in [0.15, 0.2) is 0 Å². The molecule has 1 fully saturated rings. The highest BCUT2D eigenvalue weighted by atomic mass is 35.5. The van der Waals surface area contributed by atoms with Crippen molar-refractivity contribution in [2.24, 2.45) is 5.92 Å². The SMILES string of the molecule is CCOC(=O)C1CCN(Cc2cc3ncnc(Nc4ccc(F)c(Cl)c4)c3cc2N)CC1. The lowest BCUT2D eigenvalue weighted by atomic mass is 9.96. The maximum absolute atomic E-state index is 13.4. The van der Waals surface area contributed by atoms with Gasteiger partial charge in [-0.2, -0.15) is 0 Å². The molecule has 3 aromatic rings. The van der Waals surface area contributed by atoms with E-state index in [1.807, 2.05) is 19.1 Å². The molecule has 2 heterocycles. The predicted molar refractivity (Wildman–Crippen MR) is 123 cm³/mol. The third-order valence-corrected chi connectivity index (χ3v) is 5.97. The summed E-state index contributed by atoms with van der Waals surface area (Å²) in [5, 5.41) is 3.95. The maximum atomic E-state index is 13.4. The number of carbonyl (C=O) groups excluding carboxylic acids is 1. The first-order chi connectivity index (χ1) is 15.4. The summed E-state index contributed by atoms with van der Waals surface area (Å²) >= 11 is 5.88. The Balaban J connectivity index is 1.49. The fourth-order valence-electron chi connectivity index (χ4n) is 3.94. The molecule has 0 amide bonds. The van der Waals surface area contributed by atoms with Crippen LogP contribution in [0.4, 0.5) is 21.6 Å². The summed E-state index contributed by atoms with van der Waals surface area (Å²) in [5.74, 6) is -0.0471. The summed E-state index contributed by atoms with van der Waals surface area (Å²) in [6.07, 6.45) is 3.03. The number of hydrogen-bond acceptors (Lipinski definition) is 7. The molecule has 3 N–H and O–H groups in total. The van der Waals surface area contributed by atoms with Gasteiger partial charge in [-0.05, 0) is 68.8 Å². The molecule has 0 aliphatic carbocycles. The van der Waals surface area contributed by atoms with E-state index in [1.165, 1.54) is 18.5 Å². The Bertz CT molecular complexity index is 1130. The van der Waals surface area contributed by atoms with Crippen LogP contribution in [0.2, 0.25) is 5.02 Å². The van der Waals surface area contributed by atoms with Gasteiger partial charge in [0.2, 0.25) is 0 Å². The first-order valence-corrected chi connectivity index (χ1v) is 11.0. The number of carbonyl (C=O) groups is 1. The van der Waals surface area contributed by atoms with Gasteiger partial charge in [0.25, 0.3) is 0 Å². The second kappa shape index (κ2) is 9.67. The minimum atomic E-state index is -0.482. The van der Waals surface area contributed by atoms with E-state index in [4.69, 9.17) is 22.1 Å². The van der Waals surface area contributed by atoms with Crippen LogP contribution in [0.1, 0.15) is 25.3 Å². The molecule has 1 aliphatic rings. The van der Waals surface area contributed by atoms with E-state index < -0.39 is 5.82 Å². The average molecular weight is 458 g/mol. The van der Waals surface area contributed by atoms with Crippen LogP contribution in [0.25, 0.3) is 10.9 Å². The summed E-state index contributed by atoms with van der Waals surface area (Å²) in [5.41, 5.74) is 9.35. The van der Waals surface area contributed by atoms with Crippen LogP contribution in [0.15, 0.2) is 36.7 Å². The molecular weight excluding hydrogens is 433 g/mol. The average Bonchev–Trinajstić information content (AvgIpc) is 2.78. The van der Waals surface area contributed by atoms with Gasteiger partial charge in [-0.1, -0.05) is 11.6 Å². The molecule has 9 heteroatoms. The fraction of sp³-hybridized carbons (Fsp3) is 0.348. The quantitative estimate of drug-likeness (QED) is 0.415. The van der Waals surface area contributed by atoms with Crippen LogP contribution in [0.5, 0.6) is 0 Å². The molecule has 0 spiro atoms. The monoisotopic (exact) mass is 457 g/mol. The highest BCUT2D eigenvalue weighted by molar-refractivity contribution is 6.31.